The van der Waals surface area contributed by atoms with Gasteiger partial charge in [0.15, 0.2) is 0 Å². The highest BCUT2D eigenvalue weighted by atomic mass is 35.5. The average molecular weight is 388 g/mol. The molecule has 1 atom stereocenters. The number of imidazole rings is 1. The van der Waals surface area contributed by atoms with Gasteiger partial charge in [-0.25, -0.2) is 4.98 Å². The number of carbonyl (C=O) groups is 1. The Kier molecular flexibility index (Phi) is 6.22. The van der Waals surface area contributed by atoms with Crippen LogP contribution in [-0.4, -0.2) is 21.6 Å². The third kappa shape index (κ3) is 4.80. The molecule has 0 aliphatic heterocycles. The summed E-state index contributed by atoms with van der Waals surface area (Å²) in [7, 11) is 0. The van der Waals surface area contributed by atoms with Crippen molar-refractivity contribution in [1.29, 1.82) is 0 Å². The number of amides is 1. The number of nitrogens with one attached hydrogen (secondary N) is 2. The average Bonchev–Trinajstić information content (AvgIpc) is 3.05. The molecule has 2 aromatic carbocycles. The lowest BCUT2D eigenvalue weighted by Gasteiger charge is -2.20. The van der Waals surface area contributed by atoms with Crippen LogP contribution in [0.3, 0.4) is 0 Å². The zero-order chi connectivity index (χ0) is 18.5. The number of aromatic amines is 1. The predicted molar refractivity (Wildman–Crippen MR) is 109 cm³/mol. The molecule has 1 unspecified atom stereocenters. The van der Waals surface area contributed by atoms with E-state index in [0.29, 0.717) is 6.42 Å². The number of fused-ring (bicyclic) bond motifs is 1. The Labute approximate surface area is 162 Å². The van der Waals surface area contributed by atoms with Crippen LogP contribution in [0, 0.1) is 5.92 Å². The van der Waals surface area contributed by atoms with Gasteiger partial charge in [0.2, 0.25) is 5.91 Å². The molecule has 0 spiro atoms. The zero-order valence-electron chi connectivity index (χ0n) is 14.8. The Morgan fingerprint density at radius 1 is 1.19 bits per heavy atom. The zero-order valence-corrected chi connectivity index (χ0v) is 16.4. The van der Waals surface area contributed by atoms with E-state index in [1.807, 2.05) is 48.5 Å². The summed E-state index contributed by atoms with van der Waals surface area (Å²) in [4.78, 5) is 21.5. The minimum atomic E-state index is -0.129. The summed E-state index contributed by atoms with van der Waals surface area (Å²) in [6.07, 6.45) is 0.455. The molecule has 0 fully saturated rings. The van der Waals surface area contributed by atoms with Gasteiger partial charge in [0.25, 0.3) is 0 Å². The van der Waals surface area contributed by atoms with E-state index in [1.54, 1.807) is 11.8 Å². The molecule has 6 heteroatoms. The molecule has 0 aliphatic rings. The molecule has 4 nitrogen and oxygen atoms in total. The van der Waals surface area contributed by atoms with Gasteiger partial charge in [0.1, 0.15) is 5.82 Å². The van der Waals surface area contributed by atoms with Crippen molar-refractivity contribution in [3.8, 4) is 0 Å². The van der Waals surface area contributed by atoms with E-state index < -0.39 is 0 Å². The van der Waals surface area contributed by atoms with E-state index in [2.05, 4.69) is 29.1 Å². The highest BCUT2D eigenvalue weighted by molar-refractivity contribution is 7.99. The normalized spacial score (nSPS) is 12.5. The van der Waals surface area contributed by atoms with Crippen molar-refractivity contribution in [3.05, 3.63) is 59.4 Å². The maximum absolute atomic E-state index is 12.4. The van der Waals surface area contributed by atoms with Crippen LogP contribution in [0.5, 0.6) is 0 Å². The van der Waals surface area contributed by atoms with Gasteiger partial charge in [0, 0.05) is 22.1 Å². The van der Waals surface area contributed by atoms with E-state index in [-0.39, 0.29) is 17.9 Å². The molecule has 0 bridgehead atoms. The minimum absolute atomic E-state index is 0.0330. The number of para-hydroxylation sites is 2. The second-order valence-electron chi connectivity index (χ2n) is 6.48. The van der Waals surface area contributed by atoms with Crippen LogP contribution in [0.15, 0.2) is 53.4 Å². The fraction of sp³-hybridized carbons (Fsp3) is 0.300. The van der Waals surface area contributed by atoms with Crippen molar-refractivity contribution in [2.24, 2.45) is 5.92 Å². The number of H-pyrrole nitrogens is 1. The van der Waals surface area contributed by atoms with Gasteiger partial charge in [-0.1, -0.05) is 37.6 Å². The van der Waals surface area contributed by atoms with Crippen LogP contribution in [0.25, 0.3) is 11.0 Å². The molecule has 0 saturated heterocycles. The first-order valence-corrected chi connectivity index (χ1v) is 10.0. The molecule has 1 aromatic heterocycles. The van der Waals surface area contributed by atoms with Gasteiger partial charge < -0.3 is 10.3 Å². The standard InChI is InChI=1S/C20H22ClN3OS/c1-13(2)19(20-22-16-5-3-4-6-17(16)23-20)24-18(25)11-12-26-15-9-7-14(21)8-10-15/h3-10,13,19H,11-12H2,1-2H3,(H,22,23)(H,24,25). The van der Waals surface area contributed by atoms with Crippen LogP contribution in [0.2, 0.25) is 5.02 Å². The summed E-state index contributed by atoms with van der Waals surface area (Å²) in [5.41, 5.74) is 1.90. The van der Waals surface area contributed by atoms with Crippen molar-refractivity contribution < 1.29 is 4.79 Å². The van der Waals surface area contributed by atoms with E-state index in [1.165, 1.54) is 0 Å². The van der Waals surface area contributed by atoms with Crippen molar-refractivity contribution in [2.75, 3.05) is 5.75 Å². The number of hydrogen-bond donors (Lipinski definition) is 2. The van der Waals surface area contributed by atoms with Crippen molar-refractivity contribution in [1.82, 2.24) is 15.3 Å². The minimum Gasteiger partial charge on any atom is -0.346 e. The Hall–Kier alpha value is -1.98. The van der Waals surface area contributed by atoms with Crippen LogP contribution >= 0.6 is 23.4 Å². The lowest BCUT2D eigenvalue weighted by molar-refractivity contribution is -0.121. The van der Waals surface area contributed by atoms with Crippen molar-refractivity contribution in [3.63, 3.8) is 0 Å². The predicted octanol–water partition coefficient (Wildman–Crippen LogP) is 5.21. The third-order valence-corrected chi connectivity index (χ3v) is 5.36. The fourth-order valence-corrected chi connectivity index (χ4v) is 3.69. The van der Waals surface area contributed by atoms with E-state index in [0.717, 1.165) is 32.5 Å². The molecule has 3 aromatic rings. The number of nitrogens with zero attached hydrogens (tertiary/aromatic N) is 1. The van der Waals surface area contributed by atoms with E-state index >= 15 is 0 Å². The van der Waals surface area contributed by atoms with Crippen LogP contribution in [0.1, 0.15) is 32.1 Å². The number of carbonyl (C=O) groups excluding carboxylic acids is 1. The third-order valence-electron chi connectivity index (χ3n) is 4.10. The molecule has 1 heterocycles. The van der Waals surface area contributed by atoms with E-state index in [9.17, 15) is 4.79 Å². The van der Waals surface area contributed by atoms with Gasteiger partial charge in [-0.05, 0) is 42.3 Å². The summed E-state index contributed by atoms with van der Waals surface area (Å²) in [5, 5.41) is 3.84. The summed E-state index contributed by atoms with van der Waals surface area (Å²) in [6, 6.07) is 15.4. The quantitative estimate of drug-likeness (QED) is 0.547. The Morgan fingerprint density at radius 2 is 1.92 bits per heavy atom. The largest absolute Gasteiger partial charge is 0.346 e. The molecule has 1 amide bonds. The maximum Gasteiger partial charge on any atom is 0.221 e. The number of aromatic nitrogens is 2. The number of halogens is 1. The van der Waals surface area contributed by atoms with Crippen LogP contribution in [0.4, 0.5) is 0 Å². The Morgan fingerprint density at radius 3 is 2.62 bits per heavy atom. The number of benzene rings is 2. The first-order valence-electron chi connectivity index (χ1n) is 8.65. The first kappa shape index (κ1) is 18.8. The smallest absolute Gasteiger partial charge is 0.221 e. The van der Waals surface area contributed by atoms with Crippen LogP contribution < -0.4 is 5.32 Å². The van der Waals surface area contributed by atoms with Crippen molar-refractivity contribution in [2.45, 2.75) is 31.2 Å². The molecule has 0 aliphatic carbocycles. The first-order chi connectivity index (χ1) is 12.5. The molecule has 2 N–H and O–H groups in total. The lowest BCUT2D eigenvalue weighted by Crippen LogP contribution is -2.32. The highest BCUT2D eigenvalue weighted by Gasteiger charge is 2.21. The monoisotopic (exact) mass is 387 g/mol. The van der Waals surface area contributed by atoms with Gasteiger partial charge in [-0.3, -0.25) is 4.79 Å². The number of thioether (sulfide) groups is 1. The number of rotatable bonds is 7. The second-order valence-corrected chi connectivity index (χ2v) is 8.09. The second kappa shape index (κ2) is 8.60. The molecule has 136 valence electrons. The molecule has 0 radical (unpaired) electrons. The summed E-state index contributed by atoms with van der Waals surface area (Å²) < 4.78 is 0. The van der Waals surface area contributed by atoms with Gasteiger partial charge in [0.05, 0.1) is 17.1 Å². The number of hydrogen-bond acceptors (Lipinski definition) is 3. The molecular weight excluding hydrogens is 366 g/mol. The Balaban J connectivity index is 1.58. The Bertz CT molecular complexity index is 843. The van der Waals surface area contributed by atoms with Gasteiger partial charge in [-0.2, -0.15) is 0 Å². The van der Waals surface area contributed by atoms with Crippen molar-refractivity contribution >= 4 is 40.3 Å². The SMILES string of the molecule is CC(C)C(NC(=O)CCSc1ccc(Cl)cc1)c1nc2ccccc2[nH]1. The van der Waals surface area contributed by atoms with Gasteiger partial charge in [-0.15, -0.1) is 11.8 Å². The summed E-state index contributed by atoms with van der Waals surface area (Å²) in [5.74, 6) is 1.80. The van der Waals surface area contributed by atoms with Gasteiger partial charge >= 0.3 is 0 Å². The fourth-order valence-electron chi connectivity index (χ4n) is 2.71. The summed E-state index contributed by atoms with van der Waals surface area (Å²) in [6.45, 7) is 4.17. The summed E-state index contributed by atoms with van der Waals surface area (Å²) >= 11 is 7.54. The molecular formula is C20H22ClN3OS. The topological polar surface area (TPSA) is 57.8 Å². The molecule has 3 rings (SSSR count). The highest BCUT2D eigenvalue weighted by Crippen LogP contribution is 2.23. The lowest BCUT2D eigenvalue weighted by atomic mass is 10.0. The van der Waals surface area contributed by atoms with E-state index in [4.69, 9.17) is 11.6 Å². The maximum atomic E-state index is 12.4. The van der Waals surface area contributed by atoms with Crippen LogP contribution in [-0.2, 0) is 4.79 Å². The molecule has 0 saturated carbocycles. The molecule has 26 heavy (non-hydrogen) atoms.